The summed E-state index contributed by atoms with van der Waals surface area (Å²) in [6, 6.07) is 9.35. The van der Waals surface area contributed by atoms with Gasteiger partial charge in [-0.3, -0.25) is 20.0 Å². The van der Waals surface area contributed by atoms with E-state index in [1.165, 1.54) is 4.90 Å². The second-order valence-corrected chi connectivity index (χ2v) is 7.80. The van der Waals surface area contributed by atoms with Gasteiger partial charge in [-0.15, -0.1) is 0 Å². The van der Waals surface area contributed by atoms with Gasteiger partial charge < -0.3 is 4.90 Å². The summed E-state index contributed by atoms with van der Waals surface area (Å²) >= 11 is 0. The first-order valence-corrected chi connectivity index (χ1v) is 9.46. The van der Waals surface area contributed by atoms with E-state index in [2.05, 4.69) is 28.9 Å². The predicted octanol–water partition coefficient (Wildman–Crippen LogP) is 1.23. The van der Waals surface area contributed by atoms with Gasteiger partial charge in [0.15, 0.2) is 6.29 Å². The quantitative estimate of drug-likeness (QED) is 0.793. The van der Waals surface area contributed by atoms with Crippen molar-refractivity contribution in [2.45, 2.75) is 38.9 Å². The van der Waals surface area contributed by atoms with E-state index in [4.69, 9.17) is 5.10 Å². The molecule has 2 saturated heterocycles. The Morgan fingerprint density at radius 3 is 2.68 bits per heavy atom. The van der Waals surface area contributed by atoms with Gasteiger partial charge in [0, 0.05) is 19.3 Å². The van der Waals surface area contributed by atoms with Gasteiger partial charge in [0.25, 0.3) is 5.91 Å². The Morgan fingerprint density at radius 1 is 1.29 bits per heavy atom. The summed E-state index contributed by atoms with van der Waals surface area (Å²) in [5, 5.41) is 10.1. The number of rotatable bonds is 4. The molecule has 0 aromatic heterocycles. The molecule has 3 atom stereocenters. The zero-order valence-corrected chi connectivity index (χ0v) is 16.5. The standard InChI is InChI=1S/C20H26N6O2/c1-13(2)10-25-18(27)16-17(23(4)20(25)28)21-19-24(16)11-14(3)22-26(19)12-15-8-6-5-7-9-15/h5-9,16-17,19,21H,1,10-12H2,2-4H3. The molecule has 8 heteroatoms. The Balaban J connectivity index is 1.63. The lowest BCUT2D eigenvalue weighted by Crippen LogP contribution is -2.66. The summed E-state index contributed by atoms with van der Waals surface area (Å²) < 4.78 is 0. The van der Waals surface area contributed by atoms with Crippen molar-refractivity contribution >= 4 is 17.6 Å². The lowest BCUT2D eigenvalue weighted by molar-refractivity contribution is -0.138. The molecule has 4 rings (SSSR count). The van der Waals surface area contributed by atoms with Crippen molar-refractivity contribution in [2.24, 2.45) is 5.10 Å². The third kappa shape index (κ3) is 3.08. The number of carbonyl (C=O) groups excluding carboxylic acids is 2. The van der Waals surface area contributed by atoms with E-state index in [9.17, 15) is 9.59 Å². The molecule has 0 radical (unpaired) electrons. The minimum absolute atomic E-state index is 0.180. The molecule has 3 aliphatic rings. The SMILES string of the molecule is C=C(C)CN1C(=O)C2C(NC3N(Cc4ccccc4)N=C(C)CN23)N(C)C1=O. The first-order chi connectivity index (χ1) is 13.4. The number of carbonyl (C=O) groups is 2. The monoisotopic (exact) mass is 382 g/mol. The molecular weight excluding hydrogens is 356 g/mol. The normalized spacial score (nSPS) is 27.6. The molecule has 1 aromatic rings. The fourth-order valence-electron chi connectivity index (χ4n) is 4.16. The molecule has 3 aliphatic heterocycles. The van der Waals surface area contributed by atoms with E-state index in [1.807, 2.05) is 37.1 Å². The zero-order valence-electron chi connectivity index (χ0n) is 16.5. The first-order valence-electron chi connectivity index (χ1n) is 9.46. The topological polar surface area (TPSA) is 71.5 Å². The number of hydrazone groups is 1. The number of hydrogen-bond donors (Lipinski definition) is 1. The number of nitrogens with zero attached hydrogens (tertiary/aromatic N) is 5. The van der Waals surface area contributed by atoms with E-state index < -0.39 is 6.04 Å². The zero-order chi connectivity index (χ0) is 20.0. The molecule has 0 saturated carbocycles. The van der Waals surface area contributed by atoms with Gasteiger partial charge in [-0.1, -0.05) is 42.5 Å². The Labute approximate surface area is 165 Å². The van der Waals surface area contributed by atoms with Crippen molar-refractivity contribution in [1.82, 2.24) is 25.0 Å². The Morgan fingerprint density at radius 2 is 2.00 bits per heavy atom. The number of hydrogen-bond acceptors (Lipinski definition) is 6. The van der Waals surface area contributed by atoms with Crippen molar-refractivity contribution in [1.29, 1.82) is 0 Å². The molecule has 3 heterocycles. The molecule has 0 aliphatic carbocycles. The van der Waals surface area contributed by atoms with Crippen molar-refractivity contribution in [3.8, 4) is 0 Å². The lowest BCUT2D eigenvalue weighted by atomic mass is 10.1. The maximum Gasteiger partial charge on any atom is 0.328 e. The van der Waals surface area contributed by atoms with Crippen LogP contribution in [0.1, 0.15) is 19.4 Å². The lowest BCUT2D eigenvalue weighted by Gasteiger charge is -2.42. The number of likely N-dealkylation sites (N-methyl/N-ethyl adjacent to an activating group) is 1. The van der Waals surface area contributed by atoms with Crippen molar-refractivity contribution in [2.75, 3.05) is 20.1 Å². The smallest absolute Gasteiger partial charge is 0.310 e. The van der Waals surface area contributed by atoms with Crippen LogP contribution in [0.15, 0.2) is 47.6 Å². The Kier molecular flexibility index (Phi) is 4.68. The van der Waals surface area contributed by atoms with Crippen molar-refractivity contribution in [3.05, 3.63) is 48.0 Å². The predicted molar refractivity (Wildman–Crippen MR) is 106 cm³/mol. The average molecular weight is 382 g/mol. The summed E-state index contributed by atoms with van der Waals surface area (Å²) in [7, 11) is 1.73. The average Bonchev–Trinajstić information content (AvgIpc) is 3.04. The molecule has 1 aromatic carbocycles. The third-order valence-electron chi connectivity index (χ3n) is 5.37. The van der Waals surface area contributed by atoms with Crippen LogP contribution in [0.25, 0.3) is 0 Å². The van der Waals surface area contributed by atoms with E-state index in [0.29, 0.717) is 13.1 Å². The summed E-state index contributed by atoms with van der Waals surface area (Å²) in [6.45, 7) is 9.09. The number of benzene rings is 1. The molecule has 0 spiro atoms. The molecule has 8 nitrogen and oxygen atoms in total. The summed E-state index contributed by atoms with van der Waals surface area (Å²) in [5.41, 5.74) is 2.85. The highest BCUT2D eigenvalue weighted by molar-refractivity contribution is 6.01. The number of urea groups is 1. The molecule has 2 fully saturated rings. The van der Waals surface area contributed by atoms with Gasteiger partial charge in [0.2, 0.25) is 0 Å². The molecule has 28 heavy (non-hydrogen) atoms. The summed E-state index contributed by atoms with van der Waals surface area (Å²) in [5.74, 6) is -0.180. The van der Waals surface area contributed by atoms with Crippen LogP contribution in [-0.4, -0.2) is 76.0 Å². The van der Waals surface area contributed by atoms with Crippen LogP contribution in [0.4, 0.5) is 4.79 Å². The van der Waals surface area contributed by atoms with E-state index >= 15 is 0 Å². The van der Waals surface area contributed by atoms with Gasteiger partial charge in [0.05, 0.1) is 13.1 Å². The number of amides is 3. The maximum atomic E-state index is 13.2. The molecule has 1 N–H and O–H groups in total. The van der Waals surface area contributed by atoms with Crippen molar-refractivity contribution in [3.63, 3.8) is 0 Å². The molecular formula is C20H26N6O2. The Hall–Kier alpha value is -2.71. The van der Waals surface area contributed by atoms with Gasteiger partial charge in [-0.2, -0.15) is 5.10 Å². The number of imide groups is 1. The van der Waals surface area contributed by atoms with Gasteiger partial charge in [-0.25, -0.2) is 9.69 Å². The van der Waals surface area contributed by atoms with Crippen LogP contribution in [0.5, 0.6) is 0 Å². The summed E-state index contributed by atoms with van der Waals surface area (Å²) in [6.07, 6.45) is -0.631. The van der Waals surface area contributed by atoms with E-state index in [1.54, 1.807) is 11.9 Å². The van der Waals surface area contributed by atoms with Gasteiger partial charge in [0.1, 0.15) is 12.2 Å². The number of fused-ring (bicyclic) bond motifs is 3. The number of nitrogens with one attached hydrogen (secondary N) is 1. The van der Waals surface area contributed by atoms with Crippen molar-refractivity contribution < 1.29 is 9.59 Å². The fraction of sp³-hybridized carbons (Fsp3) is 0.450. The summed E-state index contributed by atoms with van der Waals surface area (Å²) in [4.78, 5) is 31.0. The van der Waals surface area contributed by atoms with Crippen LogP contribution in [-0.2, 0) is 11.3 Å². The largest absolute Gasteiger partial charge is 0.328 e. The van der Waals surface area contributed by atoms with Crippen LogP contribution in [0.2, 0.25) is 0 Å². The molecule has 0 bridgehead atoms. The highest BCUT2D eigenvalue weighted by Crippen LogP contribution is 2.31. The second-order valence-electron chi connectivity index (χ2n) is 7.80. The van der Waals surface area contributed by atoms with Crippen LogP contribution >= 0.6 is 0 Å². The minimum Gasteiger partial charge on any atom is -0.310 e. The molecule has 3 amide bonds. The molecule has 3 unspecified atom stereocenters. The van der Waals surface area contributed by atoms with E-state index in [0.717, 1.165) is 16.8 Å². The fourth-order valence-corrected chi connectivity index (χ4v) is 4.16. The molecule has 148 valence electrons. The van der Waals surface area contributed by atoms with Crippen LogP contribution < -0.4 is 5.32 Å². The highest BCUT2D eigenvalue weighted by atomic mass is 16.2. The third-order valence-corrected chi connectivity index (χ3v) is 5.37. The van der Waals surface area contributed by atoms with Crippen LogP contribution in [0.3, 0.4) is 0 Å². The second kappa shape index (κ2) is 7.03. The first kappa shape index (κ1) is 18.6. The highest BCUT2D eigenvalue weighted by Gasteiger charge is 2.56. The van der Waals surface area contributed by atoms with E-state index in [-0.39, 0.29) is 30.9 Å². The van der Waals surface area contributed by atoms with Gasteiger partial charge >= 0.3 is 6.03 Å². The minimum atomic E-state index is -0.448. The van der Waals surface area contributed by atoms with Crippen LogP contribution in [0, 0.1) is 0 Å². The van der Waals surface area contributed by atoms with Gasteiger partial charge in [-0.05, 0) is 19.4 Å². The Bertz CT molecular complexity index is 838. The maximum absolute atomic E-state index is 13.2.